The van der Waals surface area contributed by atoms with Crippen molar-refractivity contribution in [2.24, 2.45) is 5.10 Å². The van der Waals surface area contributed by atoms with Crippen molar-refractivity contribution in [3.8, 4) is 11.3 Å². The van der Waals surface area contributed by atoms with E-state index in [0.29, 0.717) is 0 Å². The Labute approximate surface area is 142 Å². The standard InChI is InChI=1S/C14H10F5N5O2/c1-6-10(22-23-13(25)26-6)7-2-9(14(17,18)19)11(20-3-7)8-4-21-24(5-8)12(15)16/h2-6,12H,1H3,(H,23,25). The van der Waals surface area contributed by atoms with E-state index in [4.69, 9.17) is 4.74 Å². The van der Waals surface area contributed by atoms with Crippen molar-refractivity contribution >= 4 is 11.8 Å². The zero-order valence-corrected chi connectivity index (χ0v) is 13.0. The highest BCUT2D eigenvalue weighted by atomic mass is 19.4. The molecular formula is C14H10F5N5O2. The molecule has 7 nitrogen and oxygen atoms in total. The predicted molar refractivity (Wildman–Crippen MR) is 77.3 cm³/mol. The predicted octanol–water partition coefficient (Wildman–Crippen LogP) is 3.19. The Morgan fingerprint density at radius 3 is 2.58 bits per heavy atom. The lowest BCUT2D eigenvalue weighted by Gasteiger charge is -2.21. The first-order valence-electron chi connectivity index (χ1n) is 7.11. The molecule has 0 spiro atoms. The average Bonchev–Trinajstić information content (AvgIpc) is 3.04. The van der Waals surface area contributed by atoms with Crippen LogP contribution in [0.3, 0.4) is 0 Å². The molecule has 26 heavy (non-hydrogen) atoms. The Hall–Kier alpha value is -3.05. The number of cyclic esters (lactones) is 1. The third-order valence-electron chi connectivity index (χ3n) is 3.50. The van der Waals surface area contributed by atoms with E-state index in [-0.39, 0.29) is 21.5 Å². The topological polar surface area (TPSA) is 81.4 Å². The minimum Gasteiger partial charge on any atom is -0.439 e. The van der Waals surface area contributed by atoms with Crippen molar-refractivity contribution in [2.75, 3.05) is 0 Å². The van der Waals surface area contributed by atoms with Gasteiger partial charge < -0.3 is 4.74 Å². The highest BCUT2D eigenvalue weighted by Gasteiger charge is 2.36. The molecule has 1 aliphatic heterocycles. The minimum absolute atomic E-state index is 0.0326. The van der Waals surface area contributed by atoms with Crippen LogP contribution in [0.1, 0.15) is 24.6 Å². The maximum absolute atomic E-state index is 13.4. The van der Waals surface area contributed by atoms with Crippen molar-refractivity contribution in [1.29, 1.82) is 0 Å². The average molecular weight is 375 g/mol. The van der Waals surface area contributed by atoms with Gasteiger partial charge in [0.25, 0.3) is 0 Å². The fourth-order valence-corrected chi connectivity index (χ4v) is 2.36. The molecule has 0 fully saturated rings. The van der Waals surface area contributed by atoms with Gasteiger partial charge in [-0.2, -0.15) is 32.2 Å². The van der Waals surface area contributed by atoms with Gasteiger partial charge in [0.2, 0.25) is 0 Å². The molecule has 0 aliphatic carbocycles. The van der Waals surface area contributed by atoms with Gasteiger partial charge in [-0.15, -0.1) is 0 Å². The summed E-state index contributed by atoms with van der Waals surface area (Å²) in [5.74, 6) is 0. The summed E-state index contributed by atoms with van der Waals surface area (Å²) in [6.45, 7) is -1.55. The van der Waals surface area contributed by atoms with Crippen molar-refractivity contribution < 1.29 is 31.5 Å². The van der Waals surface area contributed by atoms with Gasteiger partial charge in [-0.25, -0.2) is 14.9 Å². The second kappa shape index (κ2) is 6.35. The number of rotatable bonds is 3. The number of amides is 1. The number of aromatic nitrogens is 3. The molecule has 0 bridgehead atoms. The third-order valence-corrected chi connectivity index (χ3v) is 3.50. The molecule has 0 saturated carbocycles. The number of carbonyl (C=O) groups excluding carboxylic acids is 1. The van der Waals surface area contributed by atoms with Crippen LogP contribution in [0.4, 0.5) is 26.7 Å². The lowest BCUT2D eigenvalue weighted by Crippen LogP contribution is -2.37. The first-order valence-corrected chi connectivity index (χ1v) is 7.11. The van der Waals surface area contributed by atoms with Crippen LogP contribution in [0.5, 0.6) is 0 Å². The van der Waals surface area contributed by atoms with Gasteiger partial charge in [0.15, 0.2) is 0 Å². The Morgan fingerprint density at radius 2 is 2.00 bits per heavy atom. The number of nitrogens with zero attached hydrogens (tertiary/aromatic N) is 4. The number of nitrogens with one attached hydrogen (secondary N) is 1. The SMILES string of the molecule is CC1OC(=O)NN=C1c1cnc(-c2cnn(C(F)F)c2)c(C(F)(F)F)c1. The van der Waals surface area contributed by atoms with E-state index in [1.54, 1.807) is 0 Å². The Balaban J connectivity index is 2.08. The summed E-state index contributed by atoms with van der Waals surface area (Å²) >= 11 is 0. The quantitative estimate of drug-likeness (QED) is 0.836. The number of hydrogen-bond acceptors (Lipinski definition) is 5. The zero-order chi connectivity index (χ0) is 19.1. The van der Waals surface area contributed by atoms with Crippen LogP contribution >= 0.6 is 0 Å². The summed E-state index contributed by atoms with van der Waals surface area (Å²) in [4.78, 5) is 14.8. The lowest BCUT2D eigenvalue weighted by molar-refractivity contribution is -0.137. The van der Waals surface area contributed by atoms with Crippen molar-refractivity contribution in [2.45, 2.75) is 25.8 Å². The van der Waals surface area contributed by atoms with Crippen LogP contribution in [0.25, 0.3) is 11.3 Å². The highest BCUT2D eigenvalue weighted by molar-refractivity contribution is 6.05. The number of hydrogen-bond donors (Lipinski definition) is 1. The number of ether oxygens (including phenoxy) is 1. The van der Waals surface area contributed by atoms with Crippen LogP contribution < -0.4 is 5.43 Å². The second-order valence-electron chi connectivity index (χ2n) is 5.26. The molecule has 1 atom stereocenters. The lowest BCUT2D eigenvalue weighted by atomic mass is 10.0. The molecule has 1 unspecified atom stereocenters. The summed E-state index contributed by atoms with van der Waals surface area (Å²) < 4.78 is 70.6. The van der Waals surface area contributed by atoms with E-state index in [2.05, 4.69) is 15.2 Å². The monoisotopic (exact) mass is 375 g/mol. The van der Waals surface area contributed by atoms with Gasteiger partial charge in [0.05, 0.1) is 17.5 Å². The van der Waals surface area contributed by atoms with Gasteiger partial charge in [-0.05, 0) is 13.0 Å². The van der Waals surface area contributed by atoms with E-state index in [0.717, 1.165) is 24.7 Å². The van der Waals surface area contributed by atoms with Crippen LogP contribution in [0.15, 0.2) is 29.8 Å². The zero-order valence-electron chi connectivity index (χ0n) is 13.0. The third kappa shape index (κ3) is 3.34. The fourth-order valence-electron chi connectivity index (χ4n) is 2.36. The molecule has 3 heterocycles. The second-order valence-corrected chi connectivity index (χ2v) is 5.26. The first-order chi connectivity index (χ1) is 12.2. The number of alkyl halides is 5. The summed E-state index contributed by atoms with van der Waals surface area (Å²) in [6.07, 6.45) is -3.81. The maximum Gasteiger partial charge on any atom is 0.428 e. The maximum atomic E-state index is 13.4. The normalized spacial score (nSPS) is 17.7. The fraction of sp³-hybridized carbons (Fsp3) is 0.286. The largest absolute Gasteiger partial charge is 0.439 e. The van der Waals surface area contributed by atoms with Crippen LogP contribution in [0, 0.1) is 0 Å². The molecule has 1 amide bonds. The molecule has 0 aromatic carbocycles. The molecule has 12 heteroatoms. The molecule has 1 aliphatic rings. The highest BCUT2D eigenvalue weighted by Crippen LogP contribution is 2.37. The number of halogens is 5. The van der Waals surface area contributed by atoms with Gasteiger partial charge in [0, 0.05) is 23.5 Å². The van der Waals surface area contributed by atoms with E-state index in [1.807, 2.05) is 5.43 Å². The molecule has 0 saturated heterocycles. The molecule has 3 rings (SSSR count). The molecule has 1 N–H and O–H groups in total. The van der Waals surface area contributed by atoms with Crippen molar-refractivity contribution in [3.05, 3.63) is 35.8 Å². The van der Waals surface area contributed by atoms with Gasteiger partial charge >= 0.3 is 18.8 Å². The van der Waals surface area contributed by atoms with Crippen molar-refractivity contribution in [1.82, 2.24) is 20.2 Å². The Morgan fingerprint density at radius 1 is 1.27 bits per heavy atom. The first kappa shape index (κ1) is 17.8. The van der Waals surface area contributed by atoms with Crippen LogP contribution in [0.2, 0.25) is 0 Å². The molecule has 2 aromatic heterocycles. The molecule has 0 radical (unpaired) electrons. The molecule has 138 valence electrons. The van der Waals surface area contributed by atoms with E-state index >= 15 is 0 Å². The van der Waals surface area contributed by atoms with E-state index in [9.17, 15) is 26.7 Å². The summed E-state index contributed by atoms with van der Waals surface area (Å²) in [7, 11) is 0. The molecular weight excluding hydrogens is 365 g/mol. The van der Waals surface area contributed by atoms with E-state index < -0.39 is 36.2 Å². The van der Waals surface area contributed by atoms with Crippen LogP contribution in [-0.4, -0.2) is 32.7 Å². The summed E-state index contributed by atoms with van der Waals surface area (Å²) in [6, 6.07) is 0.762. The number of carbonyl (C=O) groups is 1. The van der Waals surface area contributed by atoms with Gasteiger partial charge in [-0.3, -0.25) is 4.98 Å². The Kier molecular flexibility index (Phi) is 4.34. The molecule has 2 aromatic rings. The van der Waals surface area contributed by atoms with Gasteiger partial charge in [0.1, 0.15) is 11.8 Å². The minimum atomic E-state index is -4.81. The smallest absolute Gasteiger partial charge is 0.428 e. The van der Waals surface area contributed by atoms with Crippen molar-refractivity contribution in [3.63, 3.8) is 0 Å². The number of pyridine rings is 1. The number of hydrazone groups is 1. The summed E-state index contributed by atoms with van der Waals surface area (Å²) in [5, 5.41) is 7.00. The summed E-state index contributed by atoms with van der Waals surface area (Å²) in [5.41, 5.74) is 0.0833. The Bertz CT molecular complexity index is 877. The van der Waals surface area contributed by atoms with Gasteiger partial charge in [-0.1, -0.05) is 0 Å². The van der Waals surface area contributed by atoms with Crippen LogP contribution in [-0.2, 0) is 10.9 Å². The van der Waals surface area contributed by atoms with E-state index in [1.165, 1.54) is 6.92 Å².